The van der Waals surface area contributed by atoms with Crippen LogP contribution in [-0.2, 0) is 4.74 Å². The summed E-state index contributed by atoms with van der Waals surface area (Å²) in [5.41, 5.74) is 0.445. The van der Waals surface area contributed by atoms with E-state index in [4.69, 9.17) is 14.2 Å². The Labute approximate surface area is 143 Å². The Bertz CT molecular complexity index is 625. The highest BCUT2D eigenvalue weighted by Crippen LogP contribution is 2.21. The molecule has 0 aliphatic rings. The average molecular weight is 328 g/mol. The van der Waals surface area contributed by atoms with Gasteiger partial charge in [0.2, 0.25) is 0 Å². The van der Waals surface area contributed by atoms with E-state index in [1.807, 2.05) is 43.3 Å². The summed E-state index contributed by atoms with van der Waals surface area (Å²) in [6.07, 6.45) is 1.64. The Morgan fingerprint density at radius 2 is 1.75 bits per heavy atom. The van der Waals surface area contributed by atoms with Crippen molar-refractivity contribution in [3.05, 3.63) is 60.2 Å². The van der Waals surface area contributed by atoms with Gasteiger partial charge in [-0.1, -0.05) is 43.7 Å². The highest BCUT2D eigenvalue weighted by molar-refractivity contribution is 5.92. The lowest BCUT2D eigenvalue weighted by molar-refractivity contribution is 0.0490. The van der Waals surface area contributed by atoms with Crippen LogP contribution >= 0.6 is 0 Å². The van der Waals surface area contributed by atoms with Gasteiger partial charge in [0.1, 0.15) is 29.8 Å². The second-order valence-corrected chi connectivity index (χ2v) is 5.54. The van der Waals surface area contributed by atoms with Gasteiger partial charge in [0, 0.05) is 0 Å². The molecule has 2 aromatic carbocycles. The van der Waals surface area contributed by atoms with Crippen LogP contribution in [0.1, 0.15) is 37.0 Å². The molecule has 0 heterocycles. The number of ether oxygens (including phenoxy) is 3. The maximum atomic E-state index is 12.2. The van der Waals surface area contributed by atoms with Gasteiger partial charge < -0.3 is 14.2 Å². The minimum atomic E-state index is -0.352. The molecule has 0 bridgehead atoms. The number of hydrogen-bond acceptors (Lipinski definition) is 4. The number of rotatable bonds is 9. The first-order valence-electron chi connectivity index (χ1n) is 8.31. The molecule has 0 aliphatic carbocycles. The van der Waals surface area contributed by atoms with Crippen LogP contribution in [0.15, 0.2) is 54.6 Å². The molecule has 0 fully saturated rings. The summed E-state index contributed by atoms with van der Waals surface area (Å²) in [6, 6.07) is 16.7. The first-order valence-corrected chi connectivity index (χ1v) is 8.31. The fourth-order valence-electron chi connectivity index (χ4n) is 2.11. The highest BCUT2D eigenvalue weighted by atomic mass is 16.5. The molecule has 0 saturated carbocycles. The summed E-state index contributed by atoms with van der Waals surface area (Å²) in [7, 11) is 0. The summed E-state index contributed by atoms with van der Waals surface area (Å²) in [4.78, 5) is 12.2. The van der Waals surface area contributed by atoms with E-state index in [0.717, 1.165) is 18.6 Å². The lowest BCUT2D eigenvalue weighted by Gasteiger charge is -2.17. The van der Waals surface area contributed by atoms with Gasteiger partial charge in [0.25, 0.3) is 0 Å². The first-order chi connectivity index (χ1) is 11.7. The van der Waals surface area contributed by atoms with E-state index < -0.39 is 0 Å². The normalized spacial score (nSPS) is 11.6. The molecule has 128 valence electrons. The Morgan fingerprint density at radius 1 is 1.04 bits per heavy atom. The fraction of sp³-hybridized carbons (Fsp3) is 0.350. The zero-order valence-corrected chi connectivity index (χ0v) is 14.2. The van der Waals surface area contributed by atoms with E-state index in [-0.39, 0.29) is 12.1 Å². The van der Waals surface area contributed by atoms with E-state index in [1.165, 1.54) is 0 Å². The monoisotopic (exact) mass is 328 g/mol. The molecule has 0 amide bonds. The van der Waals surface area contributed by atoms with Gasteiger partial charge in [0.15, 0.2) is 0 Å². The second kappa shape index (κ2) is 9.60. The smallest absolute Gasteiger partial charge is 0.341 e. The first kappa shape index (κ1) is 17.9. The number of benzene rings is 2. The van der Waals surface area contributed by atoms with Crippen molar-refractivity contribution < 1.29 is 19.0 Å². The standard InChI is InChI=1S/C20H24O4/c1-3-4-14-22-20(21)18-12-8-9-13-19(18)24-16(2)15-23-17-10-6-5-7-11-17/h5-13,16H,3-4,14-15H2,1-2H3. The van der Waals surface area contributed by atoms with E-state index in [2.05, 4.69) is 6.92 Å². The molecule has 0 N–H and O–H groups in total. The van der Waals surface area contributed by atoms with Gasteiger partial charge in [-0.05, 0) is 37.6 Å². The predicted octanol–water partition coefficient (Wildman–Crippen LogP) is 4.49. The van der Waals surface area contributed by atoms with Crippen molar-refractivity contribution in [1.29, 1.82) is 0 Å². The van der Waals surface area contributed by atoms with Crippen molar-refractivity contribution >= 4 is 5.97 Å². The van der Waals surface area contributed by atoms with Crippen LogP contribution in [0.4, 0.5) is 0 Å². The third-order valence-electron chi connectivity index (χ3n) is 3.39. The number of carbonyl (C=O) groups is 1. The van der Waals surface area contributed by atoms with Gasteiger partial charge in [-0.2, -0.15) is 0 Å². The van der Waals surface area contributed by atoms with Crippen molar-refractivity contribution in [1.82, 2.24) is 0 Å². The highest BCUT2D eigenvalue weighted by Gasteiger charge is 2.15. The van der Waals surface area contributed by atoms with Crippen LogP contribution in [0.5, 0.6) is 11.5 Å². The Balaban J connectivity index is 1.92. The SMILES string of the molecule is CCCCOC(=O)c1ccccc1OC(C)COc1ccccc1. The number of unbranched alkanes of at least 4 members (excludes halogenated alkanes) is 1. The number of carbonyl (C=O) groups excluding carboxylic acids is 1. The minimum Gasteiger partial charge on any atom is -0.490 e. The van der Waals surface area contributed by atoms with Crippen molar-refractivity contribution in [2.75, 3.05) is 13.2 Å². The lowest BCUT2D eigenvalue weighted by Crippen LogP contribution is -2.22. The molecule has 24 heavy (non-hydrogen) atoms. The molecular formula is C20H24O4. The molecule has 0 spiro atoms. The van der Waals surface area contributed by atoms with Crippen molar-refractivity contribution in [3.8, 4) is 11.5 Å². The van der Waals surface area contributed by atoms with Gasteiger partial charge in [0.05, 0.1) is 6.61 Å². The third-order valence-corrected chi connectivity index (χ3v) is 3.39. The molecule has 2 rings (SSSR count). The topological polar surface area (TPSA) is 44.8 Å². The summed E-state index contributed by atoms with van der Waals surface area (Å²) < 4.78 is 16.8. The number of esters is 1. The van der Waals surface area contributed by atoms with Gasteiger partial charge in [-0.15, -0.1) is 0 Å². The van der Waals surface area contributed by atoms with E-state index in [0.29, 0.717) is 24.5 Å². The summed E-state index contributed by atoms with van der Waals surface area (Å²) in [6.45, 7) is 4.78. The largest absolute Gasteiger partial charge is 0.490 e. The number of para-hydroxylation sites is 2. The third kappa shape index (κ3) is 5.61. The molecule has 4 nitrogen and oxygen atoms in total. The molecule has 2 aromatic rings. The maximum absolute atomic E-state index is 12.2. The molecule has 0 aliphatic heterocycles. The average Bonchev–Trinajstić information content (AvgIpc) is 2.61. The molecule has 4 heteroatoms. The van der Waals surface area contributed by atoms with Crippen LogP contribution < -0.4 is 9.47 Å². The van der Waals surface area contributed by atoms with E-state index >= 15 is 0 Å². The van der Waals surface area contributed by atoms with Gasteiger partial charge in [-0.25, -0.2) is 4.79 Å². The van der Waals surface area contributed by atoms with Crippen LogP contribution in [0, 0.1) is 0 Å². The zero-order valence-electron chi connectivity index (χ0n) is 14.2. The van der Waals surface area contributed by atoms with E-state index in [9.17, 15) is 4.79 Å². The van der Waals surface area contributed by atoms with Crippen LogP contribution in [0.2, 0.25) is 0 Å². The lowest BCUT2D eigenvalue weighted by atomic mass is 10.2. The Kier molecular flexibility index (Phi) is 7.15. The summed E-state index contributed by atoms with van der Waals surface area (Å²) in [5.74, 6) is 0.957. The quantitative estimate of drug-likeness (QED) is 0.502. The Hall–Kier alpha value is -2.49. The van der Waals surface area contributed by atoms with Crippen molar-refractivity contribution in [3.63, 3.8) is 0 Å². The molecule has 0 aromatic heterocycles. The summed E-state index contributed by atoms with van der Waals surface area (Å²) >= 11 is 0. The fourth-order valence-corrected chi connectivity index (χ4v) is 2.11. The van der Waals surface area contributed by atoms with Crippen LogP contribution in [0.3, 0.4) is 0 Å². The maximum Gasteiger partial charge on any atom is 0.341 e. The predicted molar refractivity (Wildman–Crippen MR) is 93.7 cm³/mol. The number of hydrogen-bond donors (Lipinski definition) is 0. The van der Waals surface area contributed by atoms with Gasteiger partial charge in [-0.3, -0.25) is 0 Å². The molecule has 1 unspecified atom stereocenters. The second-order valence-electron chi connectivity index (χ2n) is 5.54. The molecule has 0 saturated heterocycles. The van der Waals surface area contributed by atoms with Gasteiger partial charge >= 0.3 is 5.97 Å². The Morgan fingerprint density at radius 3 is 2.50 bits per heavy atom. The van der Waals surface area contributed by atoms with Crippen LogP contribution in [-0.4, -0.2) is 25.3 Å². The van der Waals surface area contributed by atoms with Crippen LogP contribution in [0.25, 0.3) is 0 Å². The molecular weight excluding hydrogens is 304 g/mol. The molecule has 0 radical (unpaired) electrons. The minimum absolute atomic E-state index is 0.199. The van der Waals surface area contributed by atoms with E-state index in [1.54, 1.807) is 18.2 Å². The zero-order chi connectivity index (χ0) is 17.2. The van der Waals surface area contributed by atoms with Crippen molar-refractivity contribution in [2.24, 2.45) is 0 Å². The summed E-state index contributed by atoms with van der Waals surface area (Å²) in [5, 5.41) is 0. The van der Waals surface area contributed by atoms with Crippen molar-refractivity contribution in [2.45, 2.75) is 32.8 Å². The molecule has 1 atom stereocenters.